The average Bonchev–Trinajstić information content (AvgIpc) is 2.60. The van der Waals surface area contributed by atoms with E-state index in [4.69, 9.17) is 0 Å². The van der Waals surface area contributed by atoms with Crippen molar-refractivity contribution >= 4 is 9.84 Å². The third-order valence-corrected chi connectivity index (χ3v) is 6.18. The summed E-state index contributed by atoms with van der Waals surface area (Å²) in [6.45, 7) is 3.53. The maximum atomic E-state index is 13.0. The third-order valence-electron chi connectivity index (χ3n) is 4.29. The first-order chi connectivity index (χ1) is 12.1. The molecule has 3 rings (SSSR count). The molecule has 0 saturated carbocycles. The number of hydrogen-bond donors (Lipinski definition) is 0. The highest BCUT2D eigenvalue weighted by Gasteiger charge is 2.22. The van der Waals surface area contributed by atoms with E-state index in [2.05, 4.69) is 30.0 Å². The van der Waals surface area contributed by atoms with Crippen molar-refractivity contribution in [3.63, 3.8) is 0 Å². The van der Waals surface area contributed by atoms with Crippen molar-refractivity contribution in [3.8, 4) is 0 Å². The zero-order valence-electron chi connectivity index (χ0n) is 14.4. The topological polar surface area (TPSA) is 37.4 Å². The van der Waals surface area contributed by atoms with E-state index in [1.165, 1.54) is 11.1 Å². The van der Waals surface area contributed by atoms with Gasteiger partial charge >= 0.3 is 0 Å². The van der Waals surface area contributed by atoms with Crippen LogP contribution < -0.4 is 0 Å². The Labute approximate surface area is 150 Å². The molecule has 0 N–H and O–H groups in total. The lowest BCUT2D eigenvalue weighted by molar-refractivity contribution is 0.394. The number of allylic oxidation sites excluding steroid dienone is 2. The molecule has 0 radical (unpaired) electrons. The van der Waals surface area contributed by atoms with Crippen LogP contribution in [0.1, 0.15) is 25.3 Å². The molecule has 2 aromatic rings. The van der Waals surface area contributed by atoms with E-state index < -0.39 is 9.84 Å². The minimum absolute atomic E-state index is 0.363. The highest BCUT2D eigenvalue weighted by Crippen LogP contribution is 2.26. The van der Waals surface area contributed by atoms with Gasteiger partial charge in [-0.05, 0) is 37.5 Å². The van der Waals surface area contributed by atoms with Crippen LogP contribution in [-0.2, 0) is 16.4 Å². The molecule has 1 heterocycles. The van der Waals surface area contributed by atoms with Crippen molar-refractivity contribution in [2.24, 2.45) is 0 Å². The van der Waals surface area contributed by atoms with E-state index in [0.29, 0.717) is 22.8 Å². The Balaban J connectivity index is 1.94. The second-order valence-electron chi connectivity index (χ2n) is 6.39. The van der Waals surface area contributed by atoms with Gasteiger partial charge in [0.25, 0.3) is 0 Å². The second kappa shape index (κ2) is 7.70. The Hall–Kier alpha value is -2.33. The molecule has 0 aromatic heterocycles. The van der Waals surface area contributed by atoms with Crippen LogP contribution in [0.4, 0.5) is 0 Å². The van der Waals surface area contributed by atoms with Gasteiger partial charge in [-0.2, -0.15) is 0 Å². The maximum absolute atomic E-state index is 13.0. The first-order valence-corrected chi connectivity index (χ1v) is 9.98. The molecule has 0 aliphatic carbocycles. The van der Waals surface area contributed by atoms with Gasteiger partial charge in [-0.15, -0.1) is 0 Å². The molecule has 1 aliphatic heterocycles. The van der Waals surface area contributed by atoms with E-state index >= 15 is 0 Å². The van der Waals surface area contributed by atoms with Gasteiger partial charge in [-0.25, -0.2) is 8.42 Å². The monoisotopic (exact) mass is 353 g/mol. The largest absolute Gasteiger partial charge is 0.368 e. The van der Waals surface area contributed by atoms with Crippen LogP contribution >= 0.6 is 0 Å². The first-order valence-electron chi connectivity index (χ1n) is 8.50. The fraction of sp³-hybridized carbons (Fsp3) is 0.238. The van der Waals surface area contributed by atoms with E-state index in [-0.39, 0.29) is 0 Å². The molecule has 0 bridgehead atoms. The smallest absolute Gasteiger partial charge is 0.204 e. The zero-order chi connectivity index (χ0) is 17.7. The molecule has 0 fully saturated rings. The molecule has 1 aliphatic rings. The molecule has 130 valence electrons. The normalized spacial score (nSPS) is 20.0. The summed E-state index contributed by atoms with van der Waals surface area (Å²) >= 11 is 0. The van der Waals surface area contributed by atoms with E-state index in [1.54, 1.807) is 24.3 Å². The molecule has 25 heavy (non-hydrogen) atoms. The van der Waals surface area contributed by atoms with Crippen molar-refractivity contribution in [2.45, 2.75) is 31.2 Å². The van der Waals surface area contributed by atoms with Crippen molar-refractivity contribution in [1.29, 1.82) is 0 Å². The van der Waals surface area contributed by atoms with Gasteiger partial charge in [-0.3, -0.25) is 0 Å². The van der Waals surface area contributed by atoms with Gasteiger partial charge < -0.3 is 4.90 Å². The van der Waals surface area contributed by atoms with Crippen LogP contribution in [0.5, 0.6) is 0 Å². The fourth-order valence-corrected chi connectivity index (χ4v) is 4.53. The Morgan fingerprint density at radius 1 is 0.960 bits per heavy atom. The van der Waals surface area contributed by atoms with Gasteiger partial charge in [-0.1, -0.05) is 60.2 Å². The summed E-state index contributed by atoms with van der Waals surface area (Å²) in [6, 6.07) is 18.8. The predicted molar refractivity (Wildman–Crippen MR) is 102 cm³/mol. The van der Waals surface area contributed by atoms with Gasteiger partial charge in [0.1, 0.15) is 0 Å². The quantitative estimate of drug-likeness (QED) is 0.757. The molecule has 0 spiro atoms. The van der Waals surface area contributed by atoms with Crippen molar-refractivity contribution in [2.75, 3.05) is 6.54 Å². The Bertz CT molecular complexity index is 869. The maximum Gasteiger partial charge on any atom is 0.204 e. The van der Waals surface area contributed by atoms with E-state index in [1.807, 2.05) is 30.5 Å². The zero-order valence-corrected chi connectivity index (χ0v) is 15.2. The highest BCUT2D eigenvalue weighted by molar-refractivity contribution is 7.95. The summed E-state index contributed by atoms with van der Waals surface area (Å²) < 4.78 is 26.0. The van der Waals surface area contributed by atoms with Gasteiger partial charge in [0.15, 0.2) is 0 Å². The first kappa shape index (κ1) is 17.5. The van der Waals surface area contributed by atoms with Crippen LogP contribution in [0.15, 0.2) is 88.3 Å². The Kier molecular flexibility index (Phi) is 5.39. The van der Waals surface area contributed by atoms with Crippen LogP contribution in [0, 0.1) is 0 Å². The lowest BCUT2D eigenvalue weighted by atomic mass is 10.1. The third kappa shape index (κ3) is 4.40. The predicted octanol–water partition coefficient (Wildman–Crippen LogP) is 4.54. The van der Waals surface area contributed by atoms with Crippen molar-refractivity contribution < 1.29 is 8.42 Å². The molecule has 0 amide bonds. The highest BCUT2D eigenvalue weighted by atomic mass is 32.2. The van der Waals surface area contributed by atoms with Crippen LogP contribution in [0.25, 0.3) is 0 Å². The van der Waals surface area contributed by atoms with Gasteiger partial charge in [0.05, 0.1) is 9.80 Å². The summed E-state index contributed by atoms with van der Waals surface area (Å²) in [5.41, 5.74) is 2.44. The van der Waals surface area contributed by atoms with E-state index in [0.717, 1.165) is 13.0 Å². The lowest BCUT2D eigenvalue weighted by Crippen LogP contribution is -2.22. The SMILES string of the molecule is C/C1=C/CC/C(S(=O)(=O)c2ccccc2)=C\N(Cc2ccccc2)C1. The van der Waals surface area contributed by atoms with Crippen LogP contribution in [0.2, 0.25) is 0 Å². The van der Waals surface area contributed by atoms with Crippen LogP contribution in [-0.4, -0.2) is 19.9 Å². The summed E-state index contributed by atoms with van der Waals surface area (Å²) in [6.07, 6.45) is 5.26. The molecule has 4 heteroatoms. The number of sulfone groups is 1. The van der Waals surface area contributed by atoms with Crippen molar-refractivity contribution in [1.82, 2.24) is 4.90 Å². The minimum atomic E-state index is -3.45. The number of nitrogens with zero attached hydrogens (tertiary/aromatic N) is 1. The van der Waals surface area contributed by atoms with E-state index in [9.17, 15) is 8.42 Å². The Morgan fingerprint density at radius 3 is 2.28 bits per heavy atom. The summed E-state index contributed by atoms with van der Waals surface area (Å²) in [7, 11) is -3.45. The summed E-state index contributed by atoms with van der Waals surface area (Å²) in [5.74, 6) is 0. The number of benzene rings is 2. The number of rotatable bonds is 4. The fourth-order valence-electron chi connectivity index (χ4n) is 3.03. The average molecular weight is 353 g/mol. The molecule has 2 aromatic carbocycles. The molecule has 0 saturated heterocycles. The van der Waals surface area contributed by atoms with Crippen molar-refractivity contribution in [3.05, 3.63) is 89.0 Å². The molecule has 0 unspecified atom stereocenters. The summed E-state index contributed by atoms with van der Waals surface area (Å²) in [5, 5.41) is 0. The standard InChI is InChI=1S/C21H23NO2S/c1-18-9-8-14-21(25(23,24)20-12-6-3-7-13-20)17-22(15-18)16-19-10-4-2-5-11-19/h2-7,9-13,17H,8,14-16H2,1H3/b18-9-,21-17+. The van der Waals surface area contributed by atoms with Gasteiger partial charge in [0.2, 0.25) is 9.84 Å². The second-order valence-corrected chi connectivity index (χ2v) is 8.39. The molecule has 3 nitrogen and oxygen atoms in total. The minimum Gasteiger partial charge on any atom is -0.368 e. The summed E-state index contributed by atoms with van der Waals surface area (Å²) in [4.78, 5) is 2.94. The molecular weight excluding hydrogens is 330 g/mol. The molecule has 0 atom stereocenters. The van der Waals surface area contributed by atoms with Crippen LogP contribution in [0.3, 0.4) is 0 Å². The lowest BCUT2D eigenvalue weighted by Gasteiger charge is -2.25. The Morgan fingerprint density at radius 2 is 1.60 bits per heavy atom. The van der Waals surface area contributed by atoms with Gasteiger partial charge in [0, 0.05) is 19.3 Å². The molecular formula is C21H23NO2S. The number of hydrogen-bond acceptors (Lipinski definition) is 3.